The predicted molar refractivity (Wildman–Crippen MR) is 103 cm³/mol. The van der Waals surface area contributed by atoms with Crippen LogP contribution in [0.15, 0.2) is 36.2 Å². The van der Waals surface area contributed by atoms with E-state index in [0.717, 1.165) is 31.4 Å². The van der Waals surface area contributed by atoms with Crippen molar-refractivity contribution in [2.45, 2.75) is 56.5 Å². The van der Waals surface area contributed by atoms with Crippen molar-refractivity contribution in [3.8, 4) is 6.07 Å². The van der Waals surface area contributed by atoms with Gasteiger partial charge in [0.05, 0.1) is 17.8 Å². The monoisotopic (exact) mass is 385 g/mol. The summed E-state index contributed by atoms with van der Waals surface area (Å²) >= 11 is 6.04. The lowest BCUT2D eigenvalue weighted by atomic mass is 9.82. The first-order valence-corrected chi connectivity index (χ1v) is 9.99. The maximum absolute atomic E-state index is 12.8. The summed E-state index contributed by atoms with van der Waals surface area (Å²) in [6, 6.07) is 9.27. The van der Waals surface area contributed by atoms with Crippen molar-refractivity contribution in [2.75, 3.05) is 0 Å². The highest BCUT2D eigenvalue weighted by molar-refractivity contribution is 6.30. The molecule has 4 rings (SSSR count). The molecule has 1 heterocycles. The molecule has 0 radical (unpaired) electrons. The van der Waals surface area contributed by atoms with Gasteiger partial charge in [-0.05, 0) is 49.8 Å². The number of halogens is 1. The zero-order chi connectivity index (χ0) is 18.9. The second-order valence-electron chi connectivity index (χ2n) is 7.69. The molecule has 3 N–H and O–H groups in total. The van der Waals surface area contributed by atoms with E-state index in [1.807, 2.05) is 11.2 Å². The van der Waals surface area contributed by atoms with Gasteiger partial charge in [0.2, 0.25) is 0 Å². The van der Waals surface area contributed by atoms with Crippen molar-refractivity contribution >= 4 is 17.5 Å². The SMILES string of the molecule is N#CC1(N2C=C([C@@H](NC(=O)c3cccc(Cl)c3)C3CCCCC3)NN2)CC1. The van der Waals surface area contributed by atoms with E-state index in [4.69, 9.17) is 11.6 Å². The molecular formula is C20H24ClN5O. The summed E-state index contributed by atoms with van der Waals surface area (Å²) in [6.45, 7) is 0. The van der Waals surface area contributed by atoms with Crippen LogP contribution in [0.3, 0.4) is 0 Å². The number of hydrazine groups is 2. The average Bonchev–Trinajstić information content (AvgIpc) is 3.35. The number of hydrogen-bond donors (Lipinski definition) is 3. The first-order chi connectivity index (χ1) is 13.1. The maximum atomic E-state index is 12.8. The topological polar surface area (TPSA) is 80.2 Å². The predicted octanol–water partition coefficient (Wildman–Crippen LogP) is 3.24. The van der Waals surface area contributed by atoms with Gasteiger partial charge in [0.1, 0.15) is 5.54 Å². The molecule has 1 aromatic rings. The molecule has 0 spiro atoms. The Bertz CT molecular complexity index is 792. The van der Waals surface area contributed by atoms with E-state index < -0.39 is 5.54 Å². The Balaban J connectivity index is 1.55. The minimum absolute atomic E-state index is 0.122. The Labute approximate surface area is 164 Å². The number of hydrogen-bond acceptors (Lipinski definition) is 5. The molecule has 2 fully saturated rings. The lowest BCUT2D eigenvalue weighted by Crippen LogP contribution is -2.48. The molecule has 0 aromatic heterocycles. The molecular weight excluding hydrogens is 362 g/mol. The molecule has 1 aromatic carbocycles. The van der Waals surface area contributed by atoms with Gasteiger partial charge in [0.25, 0.3) is 5.91 Å². The van der Waals surface area contributed by atoms with Crippen LogP contribution in [0, 0.1) is 17.2 Å². The second kappa shape index (κ2) is 7.41. The van der Waals surface area contributed by atoms with Gasteiger partial charge in [-0.2, -0.15) is 5.26 Å². The Hall–Kier alpha value is -2.23. The minimum Gasteiger partial charge on any atom is -0.343 e. The van der Waals surface area contributed by atoms with Crippen molar-refractivity contribution in [1.29, 1.82) is 5.26 Å². The molecule has 142 valence electrons. The second-order valence-corrected chi connectivity index (χ2v) is 8.13. The lowest BCUT2D eigenvalue weighted by molar-refractivity contribution is 0.0921. The van der Waals surface area contributed by atoms with Crippen LogP contribution >= 0.6 is 11.6 Å². The highest BCUT2D eigenvalue weighted by Gasteiger charge is 2.50. The number of carbonyl (C=O) groups is 1. The molecule has 1 amide bonds. The molecule has 2 aliphatic carbocycles. The molecule has 3 aliphatic rings. The Kier molecular flexibility index (Phi) is 4.98. The summed E-state index contributed by atoms with van der Waals surface area (Å²) < 4.78 is 0. The van der Waals surface area contributed by atoms with Crippen molar-refractivity contribution in [3.63, 3.8) is 0 Å². The van der Waals surface area contributed by atoms with E-state index in [1.165, 1.54) is 19.3 Å². The third-order valence-corrected chi connectivity index (χ3v) is 6.05. The first-order valence-electron chi connectivity index (χ1n) is 9.62. The smallest absolute Gasteiger partial charge is 0.251 e. The highest BCUT2D eigenvalue weighted by atomic mass is 35.5. The van der Waals surface area contributed by atoms with Crippen LogP contribution in [-0.2, 0) is 0 Å². The largest absolute Gasteiger partial charge is 0.343 e. The summed E-state index contributed by atoms with van der Waals surface area (Å²) in [6.07, 6.45) is 9.44. The van der Waals surface area contributed by atoms with Gasteiger partial charge in [0.15, 0.2) is 0 Å². The Morgan fingerprint density at radius 3 is 2.78 bits per heavy atom. The number of benzene rings is 1. The molecule has 0 saturated heterocycles. The number of nitrogens with one attached hydrogen (secondary N) is 3. The number of rotatable bonds is 5. The average molecular weight is 386 g/mol. The standard InChI is InChI=1S/C20H24ClN5O/c21-16-8-4-7-15(11-16)19(27)23-18(14-5-2-1-3-6-14)17-12-26(25-24-17)20(13-22)9-10-20/h4,7-8,11-12,14,18,24-25H,1-3,5-6,9-10H2,(H,23,27)/t18-/m0/s1. The summed E-state index contributed by atoms with van der Waals surface area (Å²) in [7, 11) is 0. The molecule has 1 aliphatic heterocycles. The molecule has 0 unspecified atom stereocenters. The zero-order valence-electron chi connectivity index (χ0n) is 15.2. The molecule has 7 heteroatoms. The van der Waals surface area contributed by atoms with E-state index in [9.17, 15) is 10.1 Å². The van der Waals surface area contributed by atoms with Gasteiger partial charge in [-0.3, -0.25) is 9.80 Å². The first kappa shape index (κ1) is 18.1. The molecule has 2 saturated carbocycles. The van der Waals surface area contributed by atoms with Gasteiger partial charge in [-0.15, -0.1) is 5.53 Å². The van der Waals surface area contributed by atoms with Crippen LogP contribution in [0.25, 0.3) is 0 Å². The fraction of sp³-hybridized carbons (Fsp3) is 0.500. The van der Waals surface area contributed by atoms with Crippen LogP contribution in [0.5, 0.6) is 0 Å². The van der Waals surface area contributed by atoms with Gasteiger partial charge < -0.3 is 10.7 Å². The van der Waals surface area contributed by atoms with Crippen molar-refractivity contribution in [1.82, 2.24) is 21.3 Å². The maximum Gasteiger partial charge on any atom is 0.251 e. The summed E-state index contributed by atoms with van der Waals surface area (Å²) in [5.41, 5.74) is 7.31. The fourth-order valence-corrected chi connectivity index (χ4v) is 4.20. The summed E-state index contributed by atoms with van der Waals surface area (Å²) in [4.78, 5) is 12.8. The van der Waals surface area contributed by atoms with Crippen molar-refractivity contribution in [2.24, 2.45) is 5.92 Å². The van der Waals surface area contributed by atoms with E-state index in [1.54, 1.807) is 24.3 Å². The Morgan fingerprint density at radius 1 is 1.33 bits per heavy atom. The number of carbonyl (C=O) groups excluding carboxylic acids is 1. The molecule has 27 heavy (non-hydrogen) atoms. The highest BCUT2D eigenvalue weighted by Crippen LogP contribution is 2.41. The lowest BCUT2D eigenvalue weighted by Gasteiger charge is -2.31. The number of nitrogens with zero attached hydrogens (tertiary/aromatic N) is 2. The van der Waals surface area contributed by atoms with E-state index >= 15 is 0 Å². The zero-order valence-corrected chi connectivity index (χ0v) is 15.9. The van der Waals surface area contributed by atoms with Crippen LogP contribution in [-0.4, -0.2) is 22.5 Å². The summed E-state index contributed by atoms with van der Waals surface area (Å²) in [5.74, 6) is 0.246. The van der Waals surface area contributed by atoms with Crippen LogP contribution < -0.4 is 16.3 Å². The normalized spacial score (nSPS) is 22.4. The quantitative estimate of drug-likeness (QED) is 0.725. The Morgan fingerprint density at radius 2 is 2.11 bits per heavy atom. The van der Waals surface area contributed by atoms with Gasteiger partial charge in [-0.25, -0.2) is 0 Å². The van der Waals surface area contributed by atoms with Crippen molar-refractivity contribution in [3.05, 3.63) is 46.7 Å². The van der Waals surface area contributed by atoms with E-state index in [-0.39, 0.29) is 11.9 Å². The fourth-order valence-electron chi connectivity index (χ4n) is 4.01. The van der Waals surface area contributed by atoms with Gasteiger partial charge >= 0.3 is 0 Å². The number of nitriles is 1. The molecule has 6 nitrogen and oxygen atoms in total. The third-order valence-electron chi connectivity index (χ3n) is 5.81. The summed E-state index contributed by atoms with van der Waals surface area (Å²) in [5, 5.41) is 15.0. The van der Waals surface area contributed by atoms with Gasteiger partial charge in [0, 0.05) is 16.8 Å². The van der Waals surface area contributed by atoms with Gasteiger partial charge in [-0.1, -0.05) is 36.9 Å². The van der Waals surface area contributed by atoms with Crippen molar-refractivity contribution < 1.29 is 4.79 Å². The van der Waals surface area contributed by atoms with Crippen LogP contribution in [0.1, 0.15) is 55.3 Å². The van der Waals surface area contributed by atoms with Crippen LogP contribution in [0.4, 0.5) is 0 Å². The third kappa shape index (κ3) is 3.76. The molecule has 0 bridgehead atoms. The van der Waals surface area contributed by atoms with E-state index in [0.29, 0.717) is 16.5 Å². The van der Waals surface area contributed by atoms with Crippen LogP contribution in [0.2, 0.25) is 5.02 Å². The number of amides is 1. The molecule has 1 atom stereocenters. The van der Waals surface area contributed by atoms with E-state index in [2.05, 4.69) is 22.3 Å². The minimum atomic E-state index is -0.456.